The highest BCUT2D eigenvalue weighted by Gasteiger charge is 2.41. The summed E-state index contributed by atoms with van der Waals surface area (Å²) in [6.07, 6.45) is 6.29. The number of nitrogens with one attached hydrogen (secondary N) is 1. The first-order valence-corrected chi connectivity index (χ1v) is 12.9. The molecular formula is C27H35N5O4. The summed E-state index contributed by atoms with van der Waals surface area (Å²) >= 11 is 0. The maximum atomic E-state index is 14.0. The summed E-state index contributed by atoms with van der Waals surface area (Å²) in [4.78, 5) is 42.6. The van der Waals surface area contributed by atoms with E-state index in [1.54, 1.807) is 13.2 Å². The number of fused-ring (bicyclic) bond motifs is 2. The van der Waals surface area contributed by atoms with E-state index in [9.17, 15) is 14.4 Å². The molecule has 36 heavy (non-hydrogen) atoms. The van der Waals surface area contributed by atoms with Crippen LogP contribution in [0.3, 0.4) is 0 Å². The van der Waals surface area contributed by atoms with Crippen molar-refractivity contribution in [3.8, 4) is 0 Å². The molecule has 3 aliphatic rings. The van der Waals surface area contributed by atoms with Crippen LogP contribution in [0.4, 0.5) is 10.5 Å². The summed E-state index contributed by atoms with van der Waals surface area (Å²) in [5.41, 5.74) is 4.08. The molecule has 0 spiro atoms. The van der Waals surface area contributed by atoms with Gasteiger partial charge in [-0.2, -0.15) is 9.78 Å². The highest BCUT2D eigenvalue weighted by atomic mass is 16.6. The average molecular weight is 494 g/mol. The molecule has 1 fully saturated rings. The molecule has 0 radical (unpaired) electrons. The van der Waals surface area contributed by atoms with E-state index in [1.807, 2.05) is 43.9 Å². The predicted octanol–water partition coefficient (Wildman–Crippen LogP) is 2.94. The molecule has 1 aliphatic heterocycles. The zero-order valence-corrected chi connectivity index (χ0v) is 21.5. The van der Waals surface area contributed by atoms with E-state index in [0.29, 0.717) is 13.0 Å². The number of nitrogens with zero attached hydrogens (tertiary/aromatic N) is 4. The van der Waals surface area contributed by atoms with Crippen LogP contribution in [0.25, 0.3) is 0 Å². The van der Waals surface area contributed by atoms with Gasteiger partial charge in [0.1, 0.15) is 5.60 Å². The van der Waals surface area contributed by atoms with Crippen LogP contribution in [0.2, 0.25) is 0 Å². The number of aryl methyl sites for hydroxylation is 1. The predicted molar refractivity (Wildman–Crippen MR) is 135 cm³/mol. The molecule has 1 unspecified atom stereocenters. The third-order valence-electron chi connectivity index (χ3n) is 7.16. The van der Waals surface area contributed by atoms with Gasteiger partial charge in [-0.05, 0) is 82.6 Å². The first-order valence-electron chi connectivity index (χ1n) is 12.9. The molecule has 9 heteroatoms. The quantitative estimate of drug-likeness (QED) is 0.688. The van der Waals surface area contributed by atoms with Crippen LogP contribution in [-0.2, 0) is 28.8 Å². The van der Waals surface area contributed by atoms with Crippen LogP contribution in [0, 0.1) is 0 Å². The third-order valence-corrected chi connectivity index (χ3v) is 7.16. The van der Waals surface area contributed by atoms with Gasteiger partial charge in [0, 0.05) is 43.1 Å². The molecule has 0 saturated heterocycles. The Morgan fingerprint density at radius 2 is 1.92 bits per heavy atom. The van der Waals surface area contributed by atoms with Gasteiger partial charge in [0.05, 0.1) is 12.2 Å². The molecule has 1 atom stereocenters. The van der Waals surface area contributed by atoms with Crippen molar-refractivity contribution in [1.82, 2.24) is 20.0 Å². The lowest BCUT2D eigenvalue weighted by Gasteiger charge is -2.35. The number of hydrogen-bond donors (Lipinski definition) is 1. The third kappa shape index (κ3) is 4.83. The van der Waals surface area contributed by atoms with Gasteiger partial charge in [-0.3, -0.25) is 9.59 Å². The Bertz CT molecular complexity index is 1190. The number of carbonyl (C=O) groups excluding carboxylic acids is 3. The van der Waals surface area contributed by atoms with Crippen molar-refractivity contribution in [1.29, 1.82) is 0 Å². The minimum Gasteiger partial charge on any atom is -0.442 e. The Kier molecular flexibility index (Phi) is 6.26. The van der Waals surface area contributed by atoms with Gasteiger partial charge < -0.3 is 19.9 Å². The van der Waals surface area contributed by atoms with Crippen molar-refractivity contribution in [2.75, 3.05) is 25.0 Å². The first kappa shape index (κ1) is 24.3. The van der Waals surface area contributed by atoms with E-state index in [1.165, 1.54) is 4.68 Å². The van der Waals surface area contributed by atoms with Crippen molar-refractivity contribution < 1.29 is 19.1 Å². The second-order valence-corrected chi connectivity index (χ2v) is 11.0. The summed E-state index contributed by atoms with van der Waals surface area (Å²) in [5.74, 6) is 0.0354. The zero-order chi connectivity index (χ0) is 25.6. The van der Waals surface area contributed by atoms with E-state index in [-0.39, 0.29) is 23.9 Å². The number of hydrogen-bond acceptors (Lipinski definition) is 6. The molecule has 2 aliphatic carbocycles. The lowest BCUT2D eigenvalue weighted by atomic mass is 9.91. The lowest BCUT2D eigenvalue weighted by molar-refractivity contribution is -0.119. The summed E-state index contributed by atoms with van der Waals surface area (Å²) in [5, 5.41) is 7.16. The molecule has 1 saturated carbocycles. The molecular weight excluding hydrogens is 458 g/mol. The van der Waals surface area contributed by atoms with Gasteiger partial charge in [-0.25, -0.2) is 4.79 Å². The van der Waals surface area contributed by atoms with Gasteiger partial charge in [-0.1, -0.05) is 6.07 Å². The highest BCUT2D eigenvalue weighted by Crippen LogP contribution is 2.37. The lowest BCUT2D eigenvalue weighted by Crippen LogP contribution is -2.45. The number of benzene rings is 1. The average Bonchev–Trinajstić information content (AvgIpc) is 3.42. The zero-order valence-electron chi connectivity index (χ0n) is 21.5. The van der Waals surface area contributed by atoms with E-state index in [2.05, 4.69) is 15.3 Å². The largest absolute Gasteiger partial charge is 0.442 e. The molecule has 2 heterocycles. The number of likely N-dealkylation sites (N-methyl/N-ethyl adjacent to an activating group) is 1. The van der Waals surface area contributed by atoms with Crippen LogP contribution < -0.4 is 10.2 Å². The van der Waals surface area contributed by atoms with Gasteiger partial charge in [-0.15, -0.1) is 0 Å². The standard InChI is InChI=1S/C27H35N5O4/c1-27(2,3)36-26(35)31-15-17-14-19(10-11-22(17)29-31)32(18-8-9-18)25(34)21-6-5-7-23-20(21)12-13-30(23)16-24(33)28-4/h5-7,15,18-19H,8-14,16H2,1-4H3,(H,28,33). The summed E-state index contributed by atoms with van der Waals surface area (Å²) in [6.45, 7) is 6.53. The number of anilines is 1. The van der Waals surface area contributed by atoms with Crippen LogP contribution in [0.5, 0.6) is 0 Å². The molecule has 0 bridgehead atoms. The van der Waals surface area contributed by atoms with Gasteiger partial charge >= 0.3 is 6.09 Å². The van der Waals surface area contributed by atoms with Crippen LogP contribution in [0.15, 0.2) is 24.4 Å². The molecule has 5 rings (SSSR count). The van der Waals surface area contributed by atoms with E-state index >= 15 is 0 Å². The Hall–Kier alpha value is -3.36. The van der Waals surface area contributed by atoms with Crippen molar-refractivity contribution >= 4 is 23.6 Å². The highest BCUT2D eigenvalue weighted by molar-refractivity contribution is 5.98. The Labute approximate surface area is 211 Å². The molecule has 2 amide bonds. The summed E-state index contributed by atoms with van der Waals surface area (Å²) in [6, 6.07) is 6.16. The van der Waals surface area contributed by atoms with Crippen molar-refractivity contribution in [2.24, 2.45) is 0 Å². The molecule has 9 nitrogen and oxygen atoms in total. The minimum atomic E-state index is -0.590. The molecule has 1 aromatic carbocycles. The second-order valence-electron chi connectivity index (χ2n) is 11.0. The fourth-order valence-electron chi connectivity index (χ4n) is 5.36. The van der Waals surface area contributed by atoms with Crippen LogP contribution in [-0.4, -0.2) is 70.4 Å². The maximum absolute atomic E-state index is 14.0. The number of amides is 2. The van der Waals surface area contributed by atoms with Crippen LogP contribution in [0.1, 0.15) is 67.2 Å². The minimum absolute atomic E-state index is 0.0378. The fraction of sp³-hybridized carbons (Fsp3) is 0.556. The Morgan fingerprint density at radius 1 is 1.14 bits per heavy atom. The van der Waals surface area contributed by atoms with Gasteiger partial charge in [0.25, 0.3) is 5.91 Å². The fourth-order valence-corrected chi connectivity index (χ4v) is 5.36. The van der Waals surface area contributed by atoms with Crippen molar-refractivity contribution in [3.63, 3.8) is 0 Å². The number of ether oxygens (including phenoxy) is 1. The summed E-state index contributed by atoms with van der Waals surface area (Å²) < 4.78 is 6.77. The van der Waals surface area contributed by atoms with E-state index in [0.717, 1.165) is 66.7 Å². The Balaban J connectivity index is 1.36. The van der Waals surface area contributed by atoms with E-state index < -0.39 is 11.7 Å². The topological polar surface area (TPSA) is 96.8 Å². The second kappa shape index (κ2) is 9.26. The van der Waals surface area contributed by atoms with Crippen LogP contribution >= 0.6 is 0 Å². The maximum Gasteiger partial charge on any atom is 0.435 e. The van der Waals surface area contributed by atoms with Gasteiger partial charge in [0.2, 0.25) is 5.91 Å². The van der Waals surface area contributed by atoms with Crippen molar-refractivity contribution in [2.45, 2.75) is 77.0 Å². The molecule has 1 aromatic heterocycles. The normalized spacial score (nSPS) is 18.9. The van der Waals surface area contributed by atoms with Gasteiger partial charge in [0.15, 0.2) is 0 Å². The smallest absolute Gasteiger partial charge is 0.435 e. The molecule has 192 valence electrons. The first-order chi connectivity index (χ1) is 17.1. The molecule has 2 aromatic rings. The Morgan fingerprint density at radius 3 is 2.61 bits per heavy atom. The SMILES string of the molecule is CNC(=O)CN1CCc2c(C(=O)N(C3CC3)C3CCc4nn(C(=O)OC(C)(C)C)cc4C3)cccc21. The number of rotatable bonds is 5. The number of aromatic nitrogens is 2. The van der Waals surface area contributed by atoms with Crippen molar-refractivity contribution in [3.05, 3.63) is 46.8 Å². The van der Waals surface area contributed by atoms with E-state index in [4.69, 9.17) is 4.74 Å². The monoisotopic (exact) mass is 493 g/mol. The number of carbonyl (C=O) groups is 3. The summed E-state index contributed by atoms with van der Waals surface area (Å²) in [7, 11) is 1.64. The molecule has 1 N–H and O–H groups in total.